The Morgan fingerprint density at radius 2 is 1.84 bits per heavy atom. The normalized spacial score (nSPS) is 10.9. The third-order valence-electron chi connectivity index (χ3n) is 3.48. The smallest absolute Gasteiger partial charge is 0.189 e. The highest BCUT2D eigenvalue weighted by Crippen LogP contribution is 2.33. The molecule has 0 saturated heterocycles. The topological polar surface area (TPSA) is 59.9 Å². The molecule has 5 nitrogen and oxygen atoms in total. The Balaban J connectivity index is 1.99. The zero-order valence-corrected chi connectivity index (χ0v) is 15.6. The van der Waals surface area contributed by atoms with Gasteiger partial charge in [0.1, 0.15) is 22.2 Å². The fourth-order valence-corrected chi connectivity index (χ4v) is 3.08. The lowest BCUT2D eigenvalue weighted by molar-refractivity contribution is 0.414. The first-order valence-corrected chi connectivity index (χ1v) is 9.14. The van der Waals surface area contributed by atoms with Crippen LogP contribution in [0.25, 0.3) is 10.9 Å². The number of halogens is 3. The fourth-order valence-electron chi connectivity index (χ4n) is 2.23. The maximum atomic E-state index is 14.3. The van der Waals surface area contributed by atoms with Crippen molar-refractivity contribution in [2.75, 3.05) is 18.7 Å². The lowest BCUT2D eigenvalue weighted by Crippen LogP contribution is -2.05. The summed E-state index contributed by atoms with van der Waals surface area (Å²) in [5, 5.41) is 3.62. The molecule has 0 aliphatic carbocycles. The SMILES string of the molecule is COc1ccc(CNc2nc(Cl)c(F)c3nc(SC)nc(Cl)c23)cc1. The van der Waals surface area contributed by atoms with Crippen molar-refractivity contribution in [1.82, 2.24) is 15.0 Å². The number of hydrogen-bond acceptors (Lipinski definition) is 6. The number of pyridine rings is 1. The van der Waals surface area contributed by atoms with Crippen molar-refractivity contribution >= 4 is 51.7 Å². The van der Waals surface area contributed by atoms with Crippen LogP contribution in [0, 0.1) is 5.82 Å². The minimum absolute atomic E-state index is 0.0431. The van der Waals surface area contributed by atoms with E-state index in [1.54, 1.807) is 13.4 Å². The molecular weight excluding hydrogens is 386 g/mol. The molecule has 0 amide bonds. The Morgan fingerprint density at radius 3 is 2.48 bits per heavy atom. The van der Waals surface area contributed by atoms with Crippen molar-refractivity contribution in [3.63, 3.8) is 0 Å². The number of ether oxygens (including phenoxy) is 1. The van der Waals surface area contributed by atoms with Crippen LogP contribution < -0.4 is 10.1 Å². The van der Waals surface area contributed by atoms with E-state index in [0.717, 1.165) is 11.3 Å². The number of methoxy groups -OCH3 is 1. The van der Waals surface area contributed by atoms with Crippen LogP contribution in [0.1, 0.15) is 5.56 Å². The van der Waals surface area contributed by atoms with E-state index in [-0.39, 0.29) is 15.8 Å². The van der Waals surface area contributed by atoms with Gasteiger partial charge in [0.15, 0.2) is 16.1 Å². The number of benzene rings is 1. The third kappa shape index (κ3) is 3.73. The van der Waals surface area contributed by atoms with Crippen molar-refractivity contribution in [2.45, 2.75) is 11.7 Å². The maximum absolute atomic E-state index is 14.3. The van der Waals surface area contributed by atoms with Crippen LogP contribution in [0.3, 0.4) is 0 Å². The van der Waals surface area contributed by atoms with Gasteiger partial charge in [-0.3, -0.25) is 0 Å². The van der Waals surface area contributed by atoms with Crippen molar-refractivity contribution in [3.8, 4) is 5.75 Å². The first kappa shape index (κ1) is 18.0. The fraction of sp³-hybridized carbons (Fsp3) is 0.188. The quantitative estimate of drug-likeness (QED) is 0.288. The average Bonchev–Trinajstić information content (AvgIpc) is 2.63. The monoisotopic (exact) mass is 398 g/mol. The standard InChI is InChI=1S/C16H13Cl2FN4OS/c1-24-9-5-3-8(4-6-9)7-20-15-10-12(11(19)14(18)22-15)21-16(25-2)23-13(10)17/h3-6H,7H2,1-2H3,(H,20,22). The van der Waals surface area contributed by atoms with Crippen LogP contribution in [-0.2, 0) is 6.54 Å². The molecule has 3 rings (SSSR count). The average molecular weight is 399 g/mol. The molecule has 130 valence electrons. The molecular formula is C16H13Cl2FN4OS. The number of hydrogen-bond donors (Lipinski definition) is 1. The van der Waals surface area contributed by atoms with E-state index in [4.69, 9.17) is 27.9 Å². The van der Waals surface area contributed by atoms with Gasteiger partial charge in [-0.05, 0) is 24.0 Å². The van der Waals surface area contributed by atoms with Crippen LogP contribution in [0.15, 0.2) is 29.4 Å². The van der Waals surface area contributed by atoms with Gasteiger partial charge in [0, 0.05) is 6.54 Å². The molecule has 0 atom stereocenters. The number of fused-ring (bicyclic) bond motifs is 1. The van der Waals surface area contributed by atoms with Crippen molar-refractivity contribution in [3.05, 3.63) is 46.0 Å². The van der Waals surface area contributed by atoms with Gasteiger partial charge in [0.05, 0.1) is 12.5 Å². The molecule has 0 aliphatic rings. The van der Waals surface area contributed by atoms with Crippen molar-refractivity contribution in [1.29, 1.82) is 0 Å². The van der Waals surface area contributed by atoms with Crippen molar-refractivity contribution < 1.29 is 9.13 Å². The minimum atomic E-state index is -0.716. The molecule has 0 fully saturated rings. The summed E-state index contributed by atoms with van der Waals surface area (Å²) < 4.78 is 19.5. The molecule has 0 unspecified atom stereocenters. The van der Waals surface area contributed by atoms with Gasteiger partial charge in [0.25, 0.3) is 0 Å². The second kappa shape index (κ2) is 7.59. The van der Waals surface area contributed by atoms with Crippen LogP contribution >= 0.6 is 35.0 Å². The maximum Gasteiger partial charge on any atom is 0.189 e. The van der Waals surface area contributed by atoms with E-state index >= 15 is 0 Å². The van der Waals surface area contributed by atoms with Gasteiger partial charge in [-0.15, -0.1) is 0 Å². The van der Waals surface area contributed by atoms with E-state index in [2.05, 4.69) is 20.3 Å². The van der Waals surface area contributed by atoms with E-state index in [9.17, 15) is 4.39 Å². The molecule has 0 aliphatic heterocycles. The molecule has 1 N–H and O–H groups in total. The van der Waals surface area contributed by atoms with Crippen LogP contribution in [0.4, 0.5) is 10.2 Å². The first-order valence-electron chi connectivity index (χ1n) is 7.16. The zero-order chi connectivity index (χ0) is 18.0. The molecule has 0 bridgehead atoms. The minimum Gasteiger partial charge on any atom is -0.497 e. The number of aromatic nitrogens is 3. The summed E-state index contributed by atoms with van der Waals surface area (Å²) >= 11 is 13.4. The van der Waals surface area contributed by atoms with Crippen molar-refractivity contribution in [2.24, 2.45) is 0 Å². The molecule has 2 heterocycles. The number of anilines is 1. The summed E-state index contributed by atoms with van der Waals surface area (Å²) in [6, 6.07) is 7.51. The van der Waals surface area contributed by atoms with E-state index < -0.39 is 5.82 Å². The second-order valence-electron chi connectivity index (χ2n) is 4.99. The molecule has 9 heteroatoms. The lowest BCUT2D eigenvalue weighted by atomic mass is 10.2. The lowest BCUT2D eigenvalue weighted by Gasteiger charge is -2.12. The van der Waals surface area contributed by atoms with Crippen LogP contribution in [-0.4, -0.2) is 28.3 Å². The number of thioether (sulfide) groups is 1. The first-order chi connectivity index (χ1) is 12.0. The second-order valence-corrected chi connectivity index (χ2v) is 6.48. The van der Waals surface area contributed by atoms with Gasteiger partial charge in [-0.1, -0.05) is 47.1 Å². The summed E-state index contributed by atoms with van der Waals surface area (Å²) in [5.41, 5.74) is 1.02. The largest absolute Gasteiger partial charge is 0.497 e. The number of rotatable bonds is 5. The Labute approximate surface area is 157 Å². The molecule has 0 radical (unpaired) electrons. The van der Waals surface area contributed by atoms with Gasteiger partial charge >= 0.3 is 0 Å². The zero-order valence-electron chi connectivity index (χ0n) is 13.3. The van der Waals surface area contributed by atoms with Crippen LogP contribution in [0.5, 0.6) is 5.75 Å². The predicted molar refractivity (Wildman–Crippen MR) is 99.4 cm³/mol. The van der Waals surface area contributed by atoms with Gasteiger partial charge in [0.2, 0.25) is 0 Å². The molecule has 2 aromatic heterocycles. The summed E-state index contributed by atoms with van der Waals surface area (Å²) in [6.45, 7) is 0.439. The highest BCUT2D eigenvalue weighted by molar-refractivity contribution is 7.98. The third-order valence-corrected chi connectivity index (χ3v) is 4.55. The number of nitrogens with zero attached hydrogens (tertiary/aromatic N) is 3. The number of nitrogens with one attached hydrogen (secondary N) is 1. The highest BCUT2D eigenvalue weighted by atomic mass is 35.5. The van der Waals surface area contributed by atoms with Gasteiger partial charge in [-0.25, -0.2) is 19.3 Å². The predicted octanol–water partition coefficient (Wildman–Crippen LogP) is 4.81. The summed E-state index contributed by atoms with van der Waals surface area (Å²) in [6.07, 6.45) is 1.78. The molecule has 0 saturated carbocycles. The van der Waals surface area contributed by atoms with E-state index in [1.165, 1.54) is 11.8 Å². The molecule has 0 spiro atoms. The Kier molecular flexibility index (Phi) is 5.46. The van der Waals surface area contributed by atoms with E-state index in [1.807, 2.05) is 24.3 Å². The molecule has 25 heavy (non-hydrogen) atoms. The highest BCUT2D eigenvalue weighted by Gasteiger charge is 2.18. The summed E-state index contributed by atoms with van der Waals surface area (Å²) in [7, 11) is 1.61. The van der Waals surface area contributed by atoms with Gasteiger partial charge < -0.3 is 10.1 Å². The Morgan fingerprint density at radius 1 is 1.12 bits per heavy atom. The Bertz CT molecular complexity index is 924. The summed E-state index contributed by atoms with van der Waals surface area (Å²) in [5.74, 6) is 0.374. The Hall–Kier alpha value is -1.83. The van der Waals surface area contributed by atoms with E-state index in [0.29, 0.717) is 22.9 Å². The van der Waals surface area contributed by atoms with Gasteiger partial charge in [-0.2, -0.15) is 0 Å². The molecule has 3 aromatic rings. The van der Waals surface area contributed by atoms with Crippen LogP contribution in [0.2, 0.25) is 10.3 Å². The summed E-state index contributed by atoms with van der Waals surface area (Å²) in [4.78, 5) is 12.4. The molecule has 1 aromatic carbocycles.